The van der Waals surface area contributed by atoms with Crippen molar-refractivity contribution in [3.8, 4) is 9.88 Å². The molecule has 0 radical (unpaired) electrons. The monoisotopic (exact) mass is 357 g/mol. The van der Waals surface area contributed by atoms with Gasteiger partial charge in [0.05, 0.1) is 22.8 Å². The van der Waals surface area contributed by atoms with Crippen LogP contribution in [0.3, 0.4) is 0 Å². The quantitative estimate of drug-likeness (QED) is 0.750. The van der Waals surface area contributed by atoms with Gasteiger partial charge in [-0.3, -0.25) is 0 Å². The van der Waals surface area contributed by atoms with Gasteiger partial charge in [0.15, 0.2) is 0 Å². The van der Waals surface area contributed by atoms with Crippen LogP contribution in [0.4, 0.5) is 5.82 Å². The zero-order chi connectivity index (χ0) is 16.4. The summed E-state index contributed by atoms with van der Waals surface area (Å²) in [6, 6.07) is 4.17. The van der Waals surface area contributed by atoms with E-state index in [0.717, 1.165) is 48.3 Å². The zero-order valence-corrected chi connectivity index (χ0v) is 15.1. The van der Waals surface area contributed by atoms with E-state index in [4.69, 9.17) is 4.98 Å². The predicted octanol–water partition coefficient (Wildman–Crippen LogP) is 3.27. The first-order valence-corrected chi connectivity index (χ1v) is 9.85. The fourth-order valence-corrected chi connectivity index (χ4v) is 4.52. The summed E-state index contributed by atoms with van der Waals surface area (Å²) in [6.07, 6.45) is 1.93. The highest BCUT2D eigenvalue weighted by Crippen LogP contribution is 2.28. The SMILES string of the molecule is Cc1nc2c(c(NCc3csc(-c4cccs4)n3)n1)CCNCC2. The second-order valence-electron chi connectivity index (χ2n) is 5.77. The van der Waals surface area contributed by atoms with Gasteiger partial charge in [0.25, 0.3) is 0 Å². The van der Waals surface area contributed by atoms with Crippen LogP contribution in [0.1, 0.15) is 22.8 Å². The summed E-state index contributed by atoms with van der Waals surface area (Å²) in [4.78, 5) is 15.2. The van der Waals surface area contributed by atoms with Crippen LogP contribution < -0.4 is 10.6 Å². The predicted molar refractivity (Wildman–Crippen MR) is 99.8 cm³/mol. The molecule has 0 fully saturated rings. The lowest BCUT2D eigenvalue weighted by atomic mass is 10.1. The Morgan fingerprint density at radius 2 is 2.08 bits per heavy atom. The molecule has 3 aromatic rings. The van der Waals surface area contributed by atoms with Crippen molar-refractivity contribution in [3.05, 3.63) is 45.7 Å². The summed E-state index contributed by atoms with van der Waals surface area (Å²) < 4.78 is 0. The number of hydrogen-bond donors (Lipinski definition) is 2. The van der Waals surface area contributed by atoms with Crippen LogP contribution in [-0.2, 0) is 19.4 Å². The maximum absolute atomic E-state index is 4.73. The molecule has 0 spiro atoms. The van der Waals surface area contributed by atoms with Gasteiger partial charge in [0.2, 0.25) is 0 Å². The maximum atomic E-state index is 4.73. The lowest BCUT2D eigenvalue weighted by Gasteiger charge is -2.13. The summed E-state index contributed by atoms with van der Waals surface area (Å²) in [7, 11) is 0. The Morgan fingerprint density at radius 3 is 2.96 bits per heavy atom. The summed E-state index contributed by atoms with van der Waals surface area (Å²) in [6.45, 7) is 4.62. The van der Waals surface area contributed by atoms with E-state index in [1.165, 1.54) is 16.1 Å². The number of hydrogen-bond acceptors (Lipinski definition) is 7. The van der Waals surface area contributed by atoms with Gasteiger partial charge in [-0.15, -0.1) is 22.7 Å². The van der Waals surface area contributed by atoms with Crippen LogP contribution in [0.15, 0.2) is 22.9 Å². The Hall–Kier alpha value is -1.83. The molecule has 0 amide bonds. The number of fused-ring (bicyclic) bond motifs is 1. The number of nitrogens with zero attached hydrogens (tertiary/aromatic N) is 3. The van der Waals surface area contributed by atoms with Crippen LogP contribution in [0, 0.1) is 6.92 Å². The van der Waals surface area contributed by atoms with E-state index in [1.54, 1.807) is 22.7 Å². The van der Waals surface area contributed by atoms with Gasteiger partial charge in [0.1, 0.15) is 16.6 Å². The van der Waals surface area contributed by atoms with Crippen LogP contribution >= 0.6 is 22.7 Å². The largest absolute Gasteiger partial charge is 0.364 e. The molecule has 2 N–H and O–H groups in total. The number of thiazole rings is 1. The first-order valence-electron chi connectivity index (χ1n) is 8.09. The minimum atomic E-state index is 0.693. The van der Waals surface area contributed by atoms with Gasteiger partial charge in [-0.05, 0) is 31.3 Å². The summed E-state index contributed by atoms with van der Waals surface area (Å²) in [5, 5.41) is 12.2. The summed E-state index contributed by atoms with van der Waals surface area (Å²) >= 11 is 3.42. The van der Waals surface area contributed by atoms with E-state index in [9.17, 15) is 0 Å². The van der Waals surface area contributed by atoms with Crippen molar-refractivity contribution in [3.63, 3.8) is 0 Å². The van der Waals surface area contributed by atoms with E-state index in [0.29, 0.717) is 6.54 Å². The molecule has 4 heterocycles. The molecular formula is C17H19N5S2. The number of thiophene rings is 1. The number of rotatable bonds is 4. The fraction of sp³-hybridized carbons (Fsp3) is 0.353. The topological polar surface area (TPSA) is 62.7 Å². The lowest BCUT2D eigenvalue weighted by molar-refractivity contribution is 0.708. The van der Waals surface area contributed by atoms with Crippen LogP contribution in [0.2, 0.25) is 0 Å². The van der Waals surface area contributed by atoms with Gasteiger partial charge in [-0.2, -0.15) is 0 Å². The molecule has 1 aliphatic heterocycles. The van der Waals surface area contributed by atoms with E-state index in [-0.39, 0.29) is 0 Å². The molecule has 0 saturated heterocycles. The third-order valence-electron chi connectivity index (χ3n) is 4.02. The van der Waals surface area contributed by atoms with Crippen LogP contribution in [-0.4, -0.2) is 28.0 Å². The van der Waals surface area contributed by atoms with Crippen molar-refractivity contribution in [2.75, 3.05) is 18.4 Å². The molecule has 7 heteroatoms. The van der Waals surface area contributed by atoms with Gasteiger partial charge < -0.3 is 10.6 Å². The summed E-state index contributed by atoms with van der Waals surface area (Å²) in [5.41, 5.74) is 3.48. The molecule has 124 valence electrons. The molecule has 0 atom stereocenters. The van der Waals surface area contributed by atoms with Gasteiger partial charge in [-0.25, -0.2) is 15.0 Å². The molecule has 0 aliphatic carbocycles. The highest BCUT2D eigenvalue weighted by atomic mass is 32.1. The fourth-order valence-electron chi connectivity index (χ4n) is 2.89. The normalized spacial score (nSPS) is 14.2. The van der Waals surface area contributed by atoms with Crippen molar-refractivity contribution in [1.29, 1.82) is 0 Å². The molecule has 24 heavy (non-hydrogen) atoms. The van der Waals surface area contributed by atoms with Crippen molar-refractivity contribution in [2.24, 2.45) is 0 Å². The highest BCUT2D eigenvalue weighted by molar-refractivity contribution is 7.20. The van der Waals surface area contributed by atoms with Gasteiger partial charge in [0, 0.05) is 23.9 Å². The molecule has 0 saturated carbocycles. The molecule has 1 aliphatic rings. The minimum absolute atomic E-state index is 0.693. The Kier molecular flexibility index (Phi) is 4.55. The van der Waals surface area contributed by atoms with Gasteiger partial charge >= 0.3 is 0 Å². The minimum Gasteiger partial charge on any atom is -0.364 e. The van der Waals surface area contributed by atoms with E-state index < -0.39 is 0 Å². The Bertz CT molecular complexity index is 826. The number of nitrogens with one attached hydrogen (secondary N) is 2. The third-order valence-corrected chi connectivity index (χ3v) is 5.95. The van der Waals surface area contributed by atoms with E-state index >= 15 is 0 Å². The Morgan fingerprint density at radius 1 is 1.17 bits per heavy atom. The number of aromatic nitrogens is 3. The number of aryl methyl sites for hydroxylation is 1. The molecule has 0 bridgehead atoms. The summed E-state index contributed by atoms with van der Waals surface area (Å²) in [5.74, 6) is 1.79. The van der Waals surface area contributed by atoms with Crippen molar-refractivity contribution < 1.29 is 0 Å². The standard InChI is InChI=1S/C17H19N5S2/c1-11-20-14-5-7-18-6-4-13(14)16(21-11)19-9-12-10-24-17(22-12)15-3-2-8-23-15/h2-3,8,10,18H,4-7,9H2,1H3,(H,19,20,21). The average molecular weight is 358 g/mol. The van der Waals surface area contributed by atoms with Gasteiger partial charge in [-0.1, -0.05) is 6.07 Å². The van der Waals surface area contributed by atoms with Crippen LogP contribution in [0.25, 0.3) is 9.88 Å². The molecule has 5 nitrogen and oxygen atoms in total. The Balaban J connectivity index is 1.53. The van der Waals surface area contributed by atoms with E-state index in [2.05, 4.69) is 43.5 Å². The van der Waals surface area contributed by atoms with Crippen molar-refractivity contribution in [1.82, 2.24) is 20.3 Å². The molecule has 0 unspecified atom stereocenters. The molecule has 0 aromatic carbocycles. The molecular weight excluding hydrogens is 338 g/mol. The van der Waals surface area contributed by atoms with Crippen molar-refractivity contribution in [2.45, 2.75) is 26.3 Å². The third kappa shape index (κ3) is 3.33. The molecule has 3 aromatic heterocycles. The molecule has 4 rings (SSSR count). The van der Waals surface area contributed by atoms with E-state index in [1.807, 2.05) is 6.92 Å². The lowest BCUT2D eigenvalue weighted by Crippen LogP contribution is -2.16. The first kappa shape index (κ1) is 15.7. The second-order valence-corrected chi connectivity index (χ2v) is 7.58. The zero-order valence-electron chi connectivity index (χ0n) is 13.5. The maximum Gasteiger partial charge on any atom is 0.133 e. The smallest absolute Gasteiger partial charge is 0.133 e. The average Bonchev–Trinajstić information content (AvgIpc) is 3.20. The van der Waals surface area contributed by atoms with Crippen molar-refractivity contribution >= 4 is 28.5 Å². The Labute approximate surface area is 149 Å². The van der Waals surface area contributed by atoms with Crippen LogP contribution in [0.5, 0.6) is 0 Å². The number of anilines is 1. The second kappa shape index (κ2) is 6.96. The highest BCUT2D eigenvalue weighted by Gasteiger charge is 2.15. The first-order chi connectivity index (χ1) is 11.8.